The fourth-order valence-electron chi connectivity index (χ4n) is 1.86. The van der Waals surface area contributed by atoms with Crippen LogP contribution in [-0.4, -0.2) is 18.7 Å². The van der Waals surface area contributed by atoms with E-state index in [0.29, 0.717) is 12.2 Å². The molecule has 0 saturated heterocycles. The Bertz CT molecular complexity index is 676. The van der Waals surface area contributed by atoms with Gasteiger partial charge in [-0.3, -0.25) is 4.79 Å². The minimum absolute atomic E-state index is 0.222. The zero-order chi connectivity index (χ0) is 15.8. The molecule has 2 aromatic rings. The number of amides is 1. The van der Waals surface area contributed by atoms with Crippen molar-refractivity contribution in [1.82, 2.24) is 5.43 Å². The number of nitrogens with zero attached hydrogens (tertiary/aromatic N) is 1. The summed E-state index contributed by atoms with van der Waals surface area (Å²) >= 11 is 0. The summed E-state index contributed by atoms with van der Waals surface area (Å²) in [6.07, 6.45) is 3.28. The van der Waals surface area contributed by atoms with Crippen molar-refractivity contribution in [3.05, 3.63) is 77.9 Å². The van der Waals surface area contributed by atoms with Gasteiger partial charge in [-0.2, -0.15) is 5.10 Å². The number of rotatable bonds is 6. The van der Waals surface area contributed by atoms with Crippen molar-refractivity contribution in [3.63, 3.8) is 0 Å². The molecule has 0 aliphatic carbocycles. The van der Waals surface area contributed by atoms with Crippen molar-refractivity contribution >= 4 is 12.1 Å². The zero-order valence-electron chi connectivity index (χ0n) is 12.5. The summed E-state index contributed by atoms with van der Waals surface area (Å²) in [5.41, 5.74) is 4.93. The minimum atomic E-state index is -0.222. The molecule has 112 valence electrons. The molecule has 4 heteroatoms. The van der Waals surface area contributed by atoms with Crippen LogP contribution < -0.4 is 10.2 Å². The Kier molecular flexibility index (Phi) is 5.49. The van der Waals surface area contributed by atoms with E-state index in [1.165, 1.54) is 0 Å². The fourth-order valence-corrected chi connectivity index (χ4v) is 1.86. The van der Waals surface area contributed by atoms with Gasteiger partial charge < -0.3 is 4.74 Å². The van der Waals surface area contributed by atoms with E-state index in [9.17, 15) is 4.79 Å². The highest BCUT2D eigenvalue weighted by atomic mass is 16.5. The zero-order valence-corrected chi connectivity index (χ0v) is 12.5. The molecule has 0 radical (unpaired) electrons. The van der Waals surface area contributed by atoms with Gasteiger partial charge in [0.25, 0.3) is 5.91 Å². The van der Waals surface area contributed by atoms with Crippen molar-refractivity contribution in [1.29, 1.82) is 0 Å². The van der Waals surface area contributed by atoms with Gasteiger partial charge in [0.2, 0.25) is 0 Å². The first-order chi connectivity index (χ1) is 10.7. The third-order valence-corrected chi connectivity index (χ3v) is 3.02. The highest BCUT2D eigenvalue weighted by Gasteiger charge is 2.05. The van der Waals surface area contributed by atoms with Crippen LogP contribution in [0.2, 0.25) is 0 Å². The van der Waals surface area contributed by atoms with Gasteiger partial charge in [-0.05, 0) is 48.4 Å². The lowest BCUT2D eigenvalue weighted by Crippen LogP contribution is -2.18. The van der Waals surface area contributed by atoms with Gasteiger partial charge in [-0.15, -0.1) is 0 Å². The molecule has 1 amide bonds. The molecule has 0 fully saturated rings. The molecular weight excluding hydrogens is 276 g/mol. The van der Waals surface area contributed by atoms with Crippen LogP contribution in [-0.2, 0) is 0 Å². The van der Waals surface area contributed by atoms with Crippen LogP contribution in [0.4, 0.5) is 0 Å². The maximum atomic E-state index is 12.0. The quantitative estimate of drug-likeness (QED) is 0.505. The number of aryl methyl sites for hydroxylation is 1. The molecule has 2 rings (SSSR count). The van der Waals surface area contributed by atoms with Crippen LogP contribution in [0.3, 0.4) is 0 Å². The van der Waals surface area contributed by atoms with Gasteiger partial charge >= 0.3 is 0 Å². The van der Waals surface area contributed by atoms with Crippen LogP contribution in [0.5, 0.6) is 5.75 Å². The molecule has 0 heterocycles. The molecule has 1 N–H and O–H groups in total. The van der Waals surface area contributed by atoms with E-state index < -0.39 is 0 Å². The number of hydrogen-bond acceptors (Lipinski definition) is 3. The molecule has 2 aromatic carbocycles. The van der Waals surface area contributed by atoms with Crippen molar-refractivity contribution < 1.29 is 9.53 Å². The lowest BCUT2D eigenvalue weighted by molar-refractivity contribution is 0.0954. The number of nitrogens with one attached hydrogen (secondary N) is 1. The Morgan fingerprint density at radius 3 is 2.64 bits per heavy atom. The smallest absolute Gasteiger partial charge is 0.271 e. The maximum Gasteiger partial charge on any atom is 0.271 e. The first-order valence-corrected chi connectivity index (χ1v) is 6.93. The van der Waals surface area contributed by atoms with Crippen LogP contribution in [0.15, 0.2) is 66.3 Å². The fraction of sp³-hybridized carbons (Fsp3) is 0.111. The second-order valence-corrected chi connectivity index (χ2v) is 4.68. The molecule has 0 atom stereocenters. The Balaban J connectivity index is 1.93. The van der Waals surface area contributed by atoms with Gasteiger partial charge in [-0.1, -0.05) is 30.9 Å². The normalized spacial score (nSPS) is 10.4. The number of benzene rings is 2. The summed E-state index contributed by atoms with van der Waals surface area (Å²) in [4.78, 5) is 12.0. The summed E-state index contributed by atoms with van der Waals surface area (Å²) in [7, 11) is 0. The third kappa shape index (κ3) is 4.31. The highest BCUT2D eigenvalue weighted by Crippen LogP contribution is 2.11. The number of hydrogen-bond donors (Lipinski definition) is 1. The molecule has 0 aromatic heterocycles. The second kappa shape index (κ2) is 7.78. The van der Waals surface area contributed by atoms with Crippen molar-refractivity contribution in [2.75, 3.05) is 6.61 Å². The number of carbonyl (C=O) groups excluding carboxylic acids is 1. The summed E-state index contributed by atoms with van der Waals surface area (Å²) in [5.74, 6) is 0.543. The van der Waals surface area contributed by atoms with Gasteiger partial charge in [0.15, 0.2) is 0 Å². The van der Waals surface area contributed by atoms with Crippen molar-refractivity contribution in [2.45, 2.75) is 6.92 Å². The van der Waals surface area contributed by atoms with Crippen LogP contribution in [0.25, 0.3) is 0 Å². The Labute approximate surface area is 130 Å². The summed E-state index contributed by atoms with van der Waals surface area (Å²) in [6, 6.07) is 14.8. The van der Waals surface area contributed by atoms with E-state index in [1.54, 1.807) is 18.4 Å². The lowest BCUT2D eigenvalue weighted by Gasteiger charge is -2.04. The Morgan fingerprint density at radius 2 is 1.95 bits per heavy atom. The monoisotopic (exact) mass is 294 g/mol. The van der Waals surface area contributed by atoms with Crippen LogP contribution in [0, 0.1) is 6.92 Å². The molecule has 0 saturated carbocycles. The van der Waals surface area contributed by atoms with Gasteiger partial charge in [-0.25, -0.2) is 5.43 Å². The number of ether oxygens (including phenoxy) is 1. The second-order valence-electron chi connectivity index (χ2n) is 4.68. The van der Waals surface area contributed by atoms with Crippen LogP contribution >= 0.6 is 0 Å². The molecular formula is C18H18N2O2. The summed E-state index contributed by atoms with van der Waals surface area (Å²) < 4.78 is 5.39. The molecule has 0 unspecified atom stereocenters. The lowest BCUT2D eigenvalue weighted by atomic mass is 10.1. The van der Waals surface area contributed by atoms with Crippen molar-refractivity contribution in [2.24, 2.45) is 5.10 Å². The van der Waals surface area contributed by atoms with E-state index in [0.717, 1.165) is 16.9 Å². The molecule has 0 bridgehead atoms. The number of hydrazone groups is 1. The van der Waals surface area contributed by atoms with Crippen LogP contribution in [0.1, 0.15) is 21.5 Å². The van der Waals surface area contributed by atoms with Crippen molar-refractivity contribution in [3.8, 4) is 5.75 Å². The van der Waals surface area contributed by atoms with E-state index in [2.05, 4.69) is 17.1 Å². The largest absolute Gasteiger partial charge is 0.490 e. The van der Waals surface area contributed by atoms with Gasteiger partial charge in [0.1, 0.15) is 12.4 Å². The van der Waals surface area contributed by atoms with E-state index in [-0.39, 0.29) is 5.91 Å². The standard InChI is InChI=1S/C18H18N2O2/c1-3-12-22-16-10-8-15(9-11-16)13-19-20-18(21)17-7-5-4-6-14(17)2/h3-11,13H,1,12H2,2H3,(H,20,21)/b19-13+. The molecule has 0 aliphatic rings. The third-order valence-electron chi connectivity index (χ3n) is 3.02. The topological polar surface area (TPSA) is 50.7 Å². The highest BCUT2D eigenvalue weighted by molar-refractivity contribution is 5.96. The average Bonchev–Trinajstić information content (AvgIpc) is 2.54. The molecule has 0 spiro atoms. The summed E-state index contributed by atoms with van der Waals surface area (Å²) in [5, 5.41) is 3.97. The predicted molar refractivity (Wildman–Crippen MR) is 88.4 cm³/mol. The molecule has 4 nitrogen and oxygen atoms in total. The average molecular weight is 294 g/mol. The Hall–Kier alpha value is -2.88. The number of carbonyl (C=O) groups is 1. The summed E-state index contributed by atoms with van der Waals surface area (Å²) in [6.45, 7) is 5.96. The first kappa shape index (κ1) is 15.5. The maximum absolute atomic E-state index is 12.0. The van der Waals surface area contributed by atoms with Gasteiger partial charge in [0, 0.05) is 5.56 Å². The Morgan fingerprint density at radius 1 is 1.23 bits per heavy atom. The van der Waals surface area contributed by atoms with E-state index in [1.807, 2.05) is 49.4 Å². The van der Waals surface area contributed by atoms with E-state index >= 15 is 0 Å². The first-order valence-electron chi connectivity index (χ1n) is 6.93. The SMILES string of the molecule is C=CCOc1ccc(/C=N/NC(=O)c2ccccc2C)cc1. The van der Waals surface area contributed by atoms with E-state index in [4.69, 9.17) is 4.74 Å². The minimum Gasteiger partial charge on any atom is -0.490 e. The molecule has 0 aliphatic heterocycles. The molecule has 22 heavy (non-hydrogen) atoms. The van der Waals surface area contributed by atoms with Gasteiger partial charge in [0.05, 0.1) is 6.21 Å². The predicted octanol–water partition coefficient (Wildman–Crippen LogP) is 3.32.